The third kappa shape index (κ3) is 8.69. The molecule has 0 aromatic heterocycles. The van der Waals surface area contributed by atoms with Crippen LogP contribution < -0.4 is 0 Å². The van der Waals surface area contributed by atoms with E-state index in [2.05, 4.69) is 20.5 Å². The molecule has 0 fully saturated rings. The topological polar surface area (TPSA) is 209 Å². The molecule has 0 saturated heterocycles. The molecule has 0 aliphatic heterocycles. The summed E-state index contributed by atoms with van der Waals surface area (Å²) in [7, 11) is -12.2. The van der Waals surface area contributed by atoms with E-state index in [1.165, 1.54) is 30.3 Å². The normalized spacial score (nSPS) is 12.0. The second-order valence-electron chi connectivity index (χ2n) is 10.3. The molecule has 16 heteroatoms. The Morgan fingerprint density at radius 1 is 0.531 bits per heavy atom. The van der Waals surface area contributed by atoms with Crippen molar-refractivity contribution in [3.05, 3.63) is 132 Å². The maximum Gasteiger partial charge on any atom is 0.425 e. The van der Waals surface area contributed by atoms with Gasteiger partial charge in [0, 0.05) is 21.5 Å². The van der Waals surface area contributed by atoms with Crippen LogP contribution in [0.5, 0.6) is 0 Å². The van der Waals surface area contributed by atoms with Gasteiger partial charge in [0.05, 0.1) is 27.6 Å². The second kappa shape index (κ2) is 14.7. The largest absolute Gasteiger partial charge is 0.425 e. The van der Waals surface area contributed by atoms with Crippen LogP contribution in [0, 0.1) is 0 Å². The van der Waals surface area contributed by atoms with Crippen molar-refractivity contribution >= 4 is 75.1 Å². The van der Waals surface area contributed by atoms with Crippen LogP contribution in [0.25, 0.3) is 21.5 Å². The first-order valence-electron chi connectivity index (χ1n) is 14.1. The maximum atomic E-state index is 12.4. The third-order valence-corrected chi connectivity index (χ3v) is 8.86. The molecule has 0 aliphatic rings. The SMILES string of the molecule is O=S(=O)(O)c1ccc2c(N=Nc3ccccc3)ccc(N=Nc3ccc(Cc4ccccc4)c4c(S(=O)(=O)O)cccc34)c2c1.O=S(=O)=O. The Morgan fingerprint density at radius 2 is 1.08 bits per heavy atom. The standard InChI is InChI=1S/C33H24N4O6S2.O3S/c38-44(39,40)25-15-16-26-28(21-25)31(19-18-29(26)35-34-24-10-5-2-6-11-24)37-36-30-17-14-23(20-22-8-3-1-4-9-22)33-27(30)12-7-13-32(33)45(41,42)43;1-4(2)3/h1-19,21H,20H2,(H,38,39,40)(H,41,42,43);. The van der Waals surface area contributed by atoms with Gasteiger partial charge in [0.25, 0.3) is 20.2 Å². The average Bonchev–Trinajstić information content (AvgIpc) is 3.06. The highest BCUT2D eigenvalue weighted by atomic mass is 32.2. The smallest absolute Gasteiger partial charge is 0.282 e. The minimum atomic E-state index is -4.58. The van der Waals surface area contributed by atoms with Crippen molar-refractivity contribution in [2.24, 2.45) is 20.5 Å². The Hall–Kier alpha value is -5.52. The molecule has 0 amide bonds. The average molecular weight is 717 g/mol. The molecule has 0 saturated carbocycles. The van der Waals surface area contributed by atoms with Gasteiger partial charge in [-0.1, -0.05) is 72.8 Å². The Kier molecular flexibility index (Phi) is 10.5. The second-order valence-corrected chi connectivity index (χ2v) is 13.5. The highest BCUT2D eigenvalue weighted by molar-refractivity contribution is 7.86. The molecule has 0 unspecified atom stereocenters. The van der Waals surface area contributed by atoms with Gasteiger partial charge in [-0.15, -0.1) is 28.0 Å². The van der Waals surface area contributed by atoms with E-state index in [-0.39, 0.29) is 15.5 Å². The molecule has 0 spiro atoms. The van der Waals surface area contributed by atoms with Gasteiger partial charge in [-0.25, -0.2) is 0 Å². The zero-order valence-corrected chi connectivity index (χ0v) is 27.5. The predicted molar refractivity (Wildman–Crippen MR) is 181 cm³/mol. The number of rotatable bonds is 8. The summed E-state index contributed by atoms with van der Waals surface area (Å²) in [5.41, 5.74) is 3.25. The Morgan fingerprint density at radius 3 is 1.69 bits per heavy atom. The molecule has 0 radical (unpaired) electrons. The van der Waals surface area contributed by atoms with Crippen LogP contribution in [0.2, 0.25) is 0 Å². The monoisotopic (exact) mass is 716 g/mol. The molecule has 6 rings (SSSR count). The van der Waals surface area contributed by atoms with E-state index in [0.29, 0.717) is 50.6 Å². The predicted octanol–water partition coefficient (Wildman–Crippen LogP) is 7.90. The molecule has 49 heavy (non-hydrogen) atoms. The van der Waals surface area contributed by atoms with Crippen LogP contribution in [0.4, 0.5) is 22.7 Å². The minimum Gasteiger partial charge on any atom is -0.282 e. The molecule has 0 aliphatic carbocycles. The molecule has 0 heterocycles. The summed E-state index contributed by atoms with van der Waals surface area (Å²) in [5.74, 6) is 0. The number of benzene rings is 6. The summed E-state index contributed by atoms with van der Waals surface area (Å²) >= 11 is 0. The van der Waals surface area contributed by atoms with Crippen LogP contribution in [-0.4, -0.2) is 38.6 Å². The molecular weight excluding hydrogens is 693 g/mol. The van der Waals surface area contributed by atoms with E-state index in [1.807, 2.05) is 48.5 Å². The molecule has 248 valence electrons. The van der Waals surface area contributed by atoms with Crippen LogP contribution in [0.15, 0.2) is 152 Å². The van der Waals surface area contributed by atoms with Crippen molar-refractivity contribution in [2.75, 3.05) is 0 Å². The van der Waals surface area contributed by atoms with E-state index in [4.69, 9.17) is 12.6 Å². The van der Waals surface area contributed by atoms with E-state index >= 15 is 0 Å². The van der Waals surface area contributed by atoms with Crippen molar-refractivity contribution in [3.63, 3.8) is 0 Å². The van der Waals surface area contributed by atoms with Crippen molar-refractivity contribution in [3.8, 4) is 0 Å². The Bertz CT molecular complexity index is 2580. The number of fused-ring (bicyclic) bond motifs is 2. The van der Waals surface area contributed by atoms with Crippen LogP contribution in [0.1, 0.15) is 11.1 Å². The van der Waals surface area contributed by atoms with Gasteiger partial charge in [0.2, 0.25) is 0 Å². The number of hydrogen-bond donors (Lipinski definition) is 2. The van der Waals surface area contributed by atoms with Gasteiger partial charge >= 0.3 is 10.6 Å². The summed E-state index contributed by atoms with van der Waals surface area (Å²) < 4.78 is 93.8. The number of hydrogen-bond acceptors (Lipinski definition) is 11. The first-order valence-corrected chi connectivity index (χ1v) is 17.9. The molecule has 13 nitrogen and oxygen atoms in total. The highest BCUT2D eigenvalue weighted by Gasteiger charge is 2.19. The lowest BCUT2D eigenvalue weighted by Crippen LogP contribution is -2.01. The van der Waals surface area contributed by atoms with Crippen LogP contribution in [0.3, 0.4) is 0 Å². The lowest BCUT2D eigenvalue weighted by molar-refractivity contribution is 0.481. The molecule has 6 aromatic rings. The van der Waals surface area contributed by atoms with Crippen LogP contribution >= 0.6 is 0 Å². The van der Waals surface area contributed by atoms with Gasteiger partial charge < -0.3 is 0 Å². The van der Waals surface area contributed by atoms with Crippen molar-refractivity contribution in [2.45, 2.75) is 16.2 Å². The van der Waals surface area contributed by atoms with Crippen molar-refractivity contribution in [1.82, 2.24) is 0 Å². The summed E-state index contributed by atoms with van der Waals surface area (Å²) in [5, 5.41) is 19.0. The quantitative estimate of drug-likeness (QED) is 0.116. The van der Waals surface area contributed by atoms with Crippen LogP contribution in [-0.2, 0) is 37.3 Å². The van der Waals surface area contributed by atoms with Gasteiger partial charge in [-0.05, 0) is 66.1 Å². The minimum absolute atomic E-state index is 0.251. The summed E-state index contributed by atoms with van der Waals surface area (Å²) in [6.07, 6.45) is 0.406. The van der Waals surface area contributed by atoms with Crippen molar-refractivity contribution < 1.29 is 38.6 Å². The fraction of sp³-hybridized carbons (Fsp3) is 0.0303. The van der Waals surface area contributed by atoms with E-state index in [0.717, 1.165) is 5.56 Å². The number of azo groups is 2. The Balaban J connectivity index is 0.00000111. The molecule has 2 N–H and O–H groups in total. The fourth-order valence-electron chi connectivity index (χ4n) is 5.04. The van der Waals surface area contributed by atoms with E-state index in [1.54, 1.807) is 42.5 Å². The molecule has 0 atom stereocenters. The maximum absolute atomic E-state index is 12.4. The number of nitrogens with zero attached hydrogens (tertiary/aromatic N) is 4. The third-order valence-electron chi connectivity index (χ3n) is 7.12. The summed E-state index contributed by atoms with van der Waals surface area (Å²) in [4.78, 5) is -0.587. The van der Waals surface area contributed by atoms with E-state index < -0.39 is 30.8 Å². The Labute approximate surface area is 281 Å². The van der Waals surface area contributed by atoms with Gasteiger partial charge in [-0.2, -0.15) is 21.9 Å². The summed E-state index contributed by atoms with van der Waals surface area (Å²) in [6, 6.07) is 33.8. The molecule has 0 bridgehead atoms. The first kappa shape index (κ1) is 34.8. The fourth-order valence-corrected chi connectivity index (χ4v) is 6.29. The molecular formula is C33H24N4O9S3. The van der Waals surface area contributed by atoms with Gasteiger partial charge in [0.1, 0.15) is 4.90 Å². The van der Waals surface area contributed by atoms with Gasteiger partial charge in [0.15, 0.2) is 0 Å². The molecule has 6 aromatic carbocycles. The zero-order chi connectivity index (χ0) is 35.2. The van der Waals surface area contributed by atoms with E-state index in [9.17, 15) is 25.9 Å². The lowest BCUT2D eigenvalue weighted by Gasteiger charge is -2.12. The lowest BCUT2D eigenvalue weighted by atomic mass is 9.97. The highest BCUT2D eigenvalue weighted by Crippen LogP contribution is 2.39. The zero-order valence-electron chi connectivity index (χ0n) is 25.0. The van der Waals surface area contributed by atoms with Gasteiger partial charge in [-0.3, -0.25) is 9.11 Å². The first-order chi connectivity index (χ1) is 23.3. The van der Waals surface area contributed by atoms with Crippen molar-refractivity contribution in [1.29, 1.82) is 0 Å². The summed E-state index contributed by atoms with van der Waals surface area (Å²) in [6.45, 7) is 0.